The van der Waals surface area contributed by atoms with E-state index in [9.17, 15) is 4.79 Å². The van der Waals surface area contributed by atoms with Gasteiger partial charge in [0.25, 0.3) is 0 Å². The van der Waals surface area contributed by atoms with Crippen LogP contribution in [0.2, 0.25) is 0 Å². The summed E-state index contributed by atoms with van der Waals surface area (Å²) in [6.07, 6.45) is 3.47. The molecule has 17 heavy (non-hydrogen) atoms. The zero-order chi connectivity index (χ0) is 11.9. The molecule has 0 saturated heterocycles. The van der Waals surface area contributed by atoms with Crippen molar-refractivity contribution in [2.45, 2.75) is 37.8 Å². The molecule has 0 amide bonds. The van der Waals surface area contributed by atoms with Crippen LogP contribution in [0.3, 0.4) is 0 Å². The van der Waals surface area contributed by atoms with Gasteiger partial charge in [-0.2, -0.15) is 0 Å². The number of carboxylic acids is 1. The van der Waals surface area contributed by atoms with Crippen molar-refractivity contribution in [3.05, 3.63) is 35.4 Å². The van der Waals surface area contributed by atoms with E-state index in [4.69, 9.17) is 5.11 Å². The van der Waals surface area contributed by atoms with Crippen LogP contribution in [0.15, 0.2) is 24.3 Å². The second-order valence-electron chi connectivity index (χ2n) is 5.21. The van der Waals surface area contributed by atoms with E-state index >= 15 is 0 Å². The van der Waals surface area contributed by atoms with E-state index in [0.717, 1.165) is 32.2 Å². The van der Waals surface area contributed by atoms with Crippen molar-refractivity contribution in [1.29, 1.82) is 0 Å². The molecule has 1 fully saturated rings. The summed E-state index contributed by atoms with van der Waals surface area (Å²) in [5.74, 6) is -0.777. The van der Waals surface area contributed by atoms with Crippen LogP contribution in [0, 0.1) is 5.92 Å². The molecule has 1 aliphatic heterocycles. The van der Waals surface area contributed by atoms with Crippen molar-refractivity contribution in [3.8, 4) is 0 Å². The first-order chi connectivity index (χ1) is 8.21. The van der Waals surface area contributed by atoms with Gasteiger partial charge in [0.15, 0.2) is 0 Å². The molecule has 1 heterocycles. The fourth-order valence-electron chi connectivity index (χ4n) is 3.30. The second-order valence-corrected chi connectivity index (χ2v) is 5.21. The number of carbonyl (C=O) groups is 1. The Kier molecular flexibility index (Phi) is 2.44. The van der Waals surface area contributed by atoms with E-state index in [2.05, 4.69) is 29.6 Å². The van der Waals surface area contributed by atoms with E-state index in [-0.39, 0.29) is 11.5 Å². The van der Waals surface area contributed by atoms with Gasteiger partial charge in [-0.15, -0.1) is 0 Å². The fourth-order valence-corrected chi connectivity index (χ4v) is 3.30. The molecular formula is C14H17NO2. The molecule has 1 aromatic rings. The first-order valence-corrected chi connectivity index (χ1v) is 6.27. The molecule has 3 rings (SSSR count). The monoisotopic (exact) mass is 231 g/mol. The van der Waals surface area contributed by atoms with E-state index < -0.39 is 5.97 Å². The van der Waals surface area contributed by atoms with Gasteiger partial charge >= 0.3 is 5.97 Å². The van der Waals surface area contributed by atoms with Crippen LogP contribution >= 0.6 is 0 Å². The van der Waals surface area contributed by atoms with Gasteiger partial charge in [0, 0.05) is 12.1 Å². The molecule has 1 saturated carbocycles. The maximum atomic E-state index is 11.0. The Bertz CT molecular complexity index is 447. The van der Waals surface area contributed by atoms with Gasteiger partial charge < -0.3 is 10.4 Å². The predicted molar refractivity (Wildman–Crippen MR) is 64.6 cm³/mol. The highest BCUT2D eigenvalue weighted by molar-refractivity contribution is 5.70. The fraction of sp³-hybridized carbons (Fsp3) is 0.500. The van der Waals surface area contributed by atoms with Crippen LogP contribution in [-0.2, 0) is 16.9 Å². The van der Waals surface area contributed by atoms with Crippen LogP contribution in [0.1, 0.15) is 36.8 Å². The summed E-state index contributed by atoms with van der Waals surface area (Å²) < 4.78 is 0. The number of aliphatic carboxylic acids is 1. The minimum absolute atomic E-state index is 0.0581. The average Bonchev–Trinajstić information content (AvgIpc) is 2.70. The molecule has 3 nitrogen and oxygen atoms in total. The number of hydrogen-bond acceptors (Lipinski definition) is 2. The van der Waals surface area contributed by atoms with Crippen molar-refractivity contribution >= 4 is 5.97 Å². The largest absolute Gasteiger partial charge is 0.481 e. The second kappa shape index (κ2) is 3.84. The minimum atomic E-state index is -0.633. The van der Waals surface area contributed by atoms with Crippen molar-refractivity contribution < 1.29 is 9.90 Å². The average molecular weight is 231 g/mol. The Hall–Kier alpha value is -1.35. The van der Waals surface area contributed by atoms with Gasteiger partial charge in [-0.05, 0) is 36.8 Å². The lowest BCUT2D eigenvalue weighted by Crippen LogP contribution is -2.41. The Morgan fingerprint density at radius 1 is 1.29 bits per heavy atom. The van der Waals surface area contributed by atoms with Crippen LogP contribution < -0.4 is 5.32 Å². The molecule has 0 radical (unpaired) electrons. The highest BCUT2D eigenvalue weighted by Crippen LogP contribution is 2.44. The van der Waals surface area contributed by atoms with E-state index in [0.29, 0.717) is 0 Å². The molecule has 1 aromatic carbocycles. The third-order valence-electron chi connectivity index (χ3n) is 4.34. The summed E-state index contributed by atoms with van der Waals surface area (Å²) >= 11 is 0. The lowest BCUT2D eigenvalue weighted by molar-refractivity contribution is -0.143. The molecule has 0 aromatic heterocycles. The van der Waals surface area contributed by atoms with Crippen molar-refractivity contribution in [3.63, 3.8) is 0 Å². The van der Waals surface area contributed by atoms with Crippen molar-refractivity contribution in [2.24, 2.45) is 5.92 Å². The van der Waals surface area contributed by atoms with Gasteiger partial charge in [-0.3, -0.25) is 4.79 Å². The summed E-state index contributed by atoms with van der Waals surface area (Å²) in [6, 6.07) is 8.51. The highest BCUT2D eigenvalue weighted by atomic mass is 16.4. The van der Waals surface area contributed by atoms with Gasteiger partial charge in [0.2, 0.25) is 0 Å². The molecule has 0 bridgehead atoms. The third-order valence-corrected chi connectivity index (χ3v) is 4.34. The Labute approximate surface area is 101 Å². The number of nitrogens with one attached hydrogen (secondary N) is 1. The van der Waals surface area contributed by atoms with Crippen LogP contribution in [0.4, 0.5) is 0 Å². The standard InChI is InChI=1S/C14H17NO2/c16-13(17)10-5-7-14(8-6-10)12-4-2-1-3-11(12)9-15-14/h1-4,10,15H,5-9H2,(H,16,17). The molecule has 1 spiro atoms. The first kappa shape index (κ1) is 10.8. The summed E-state index contributed by atoms with van der Waals surface area (Å²) in [5, 5.41) is 12.6. The number of hydrogen-bond donors (Lipinski definition) is 2. The van der Waals surface area contributed by atoms with E-state index in [1.165, 1.54) is 11.1 Å². The lowest BCUT2D eigenvalue weighted by Gasteiger charge is -2.37. The molecule has 3 heteroatoms. The van der Waals surface area contributed by atoms with Crippen molar-refractivity contribution in [1.82, 2.24) is 5.32 Å². The molecule has 1 aliphatic carbocycles. The maximum Gasteiger partial charge on any atom is 0.306 e. The zero-order valence-corrected chi connectivity index (χ0v) is 9.78. The number of rotatable bonds is 1. The summed E-state index contributed by atoms with van der Waals surface area (Å²) in [6.45, 7) is 0.925. The molecule has 0 unspecified atom stereocenters. The minimum Gasteiger partial charge on any atom is -0.481 e. The van der Waals surface area contributed by atoms with Crippen LogP contribution in [0.5, 0.6) is 0 Å². The van der Waals surface area contributed by atoms with Crippen LogP contribution in [0.25, 0.3) is 0 Å². The normalized spacial score (nSPS) is 31.4. The summed E-state index contributed by atoms with van der Waals surface area (Å²) in [7, 11) is 0. The van der Waals surface area contributed by atoms with E-state index in [1.54, 1.807) is 0 Å². The first-order valence-electron chi connectivity index (χ1n) is 6.27. The van der Waals surface area contributed by atoms with Gasteiger partial charge in [0.05, 0.1) is 5.92 Å². The summed E-state index contributed by atoms with van der Waals surface area (Å²) in [5.41, 5.74) is 2.83. The molecule has 2 aliphatic rings. The molecular weight excluding hydrogens is 214 g/mol. The van der Waals surface area contributed by atoms with Gasteiger partial charge in [-0.25, -0.2) is 0 Å². The third kappa shape index (κ3) is 1.65. The quantitative estimate of drug-likeness (QED) is 0.779. The number of carboxylic acid groups (broad SMARTS) is 1. The highest BCUT2D eigenvalue weighted by Gasteiger charge is 2.42. The zero-order valence-electron chi connectivity index (χ0n) is 9.78. The van der Waals surface area contributed by atoms with E-state index in [1.807, 2.05) is 0 Å². The van der Waals surface area contributed by atoms with Gasteiger partial charge in [-0.1, -0.05) is 24.3 Å². The lowest BCUT2D eigenvalue weighted by atomic mass is 9.73. The molecule has 90 valence electrons. The Balaban J connectivity index is 1.85. The Morgan fingerprint density at radius 3 is 2.71 bits per heavy atom. The predicted octanol–water partition coefficient (Wildman–Crippen LogP) is 2.26. The topological polar surface area (TPSA) is 49.3 Å². The summed E-state index contributed by atoms with van der Waals surface area (Å²) in [4.78, 5) is 11.0. The van der Waals surface area contributed by atoms with Crippen LogP contribution in [-0.4, -0.2) is 11.1 Å². The Morgan fingerprint density at radius 2 is 2.00 bits per heavy atom. The number of benzene rings is 1. The SMILES string of the molecule is O=C(O)C1CCC2(CC1)NCc1ccccc12. The number of fused-ring (bicyclic) bond motifs is 2. The van der Waals surface area contributed by atoms with Crippen molar-refractivity contribution in [2.75, 3.05) is 0 Å². The van der Waals surface area contributed by atoms with Gasteiger partial charge in [0.1, 0.15) is 0 Å². The maximum absolute atomic E-state index is 11.0. The molecule has 0 atom stereocenters. The molecule has 2 N–H and O–H groups in total. The smallest absolute Gasteiger partial charge is 0.306 e.